The zero-order valence-electron chi connectivity index (χ0n) is 21.4. The summed E-state index contributed by atoms with van der Waals surface area (Å²) in [7, 11) is -4.28. The molecule has 0 amide bonds. The van der Waals surface area contributed by atoms with Gasteiger partial charge in [0.2, 0.25) is 0 Å². The number of hydrogen-bond acceptors (Lipinski definition) is 8. The van der Waals surface area contributed by atoms with Gasteiger partial charge in [-0.3, -0.25) is 14.1 Å². The van der Waals surface area contributed by atoms with Gasteiger partial charge in [0.1, 0.15) is 10.5 Å². The number of aliphatic hydroxyl groups is 1. The van der Waals surface area contributed by atoms with Gasteiger partial charge in [-0.1, -0.05) is 0 Å². The zero-order chi connectivity index (χ0) is 27.1. The number of aromatic nitrogens is 3. The van der Waals surface area contributed by atoms with Crippen molar-refractivity contribution in [2.75, 3.05) is 30.5 Å². The number of ether oxygens (including phenoxy) is 1. The number of esters is 1. The first-order valence-electron chi connectivity index (χ1n) is 12.2. The Morgan fingerprint density at radius 3 is 2.62 bits per heavy atom. The summed E-state index contributed by atoms with van der Waals surface area (Å²) in [6, 6.07) is 1.60. The van der Waals surface area contributed by atoms with Crippen molar-refractivity contribution < 1.29 is 31.8 Å². The van der Waals surface area contributed by atoms with Gasteiger partial charge in [-0.05, 0) is 58.1 Å². The summed E-state index contributed by atoms with van der Waals surface area (Å²) < 4.78 is 61.0. The zero-order valence-corrected chi connectivity index (χ0v) is 22.2. The average molecular weight is 542 g/mol. The second kappa shape index (κ2) is 10.3. The van der Waals surface area contributed by atoms with E-state index < -0.39 is 34.2 Å². The molecule has 1 N–H and O–H groups in total. The van der Waals surface area contributed by atoms with Crippen LogP contribution in [-0.4, -0.2) is 77.0 Å². The van der Waals surface area contributed by atoms with Gasteiger partial charge in [0.25, 0.3) is 10.0 Å². The molecular weight excluding hydrogens is 508 g/mol. The monoisotopic (exact) mass is 541 g/mol. The van der Waals surface area contributed by atoms with Gasteiger partial charge in [0.05, 0.1) is 35.8 Å². The van der Waals surface area contributed by atoms with Crippen molar-refractivity contribution in [3.8, 4) is 0 Å². The maximum Gasteiger partial charge on any atom is 0.333 e. The van der Waals surface area contributed by atoms with Crippen molar-refractivity contribution in [1.29, 1.82) is 0 Å². The fourth-order valence-electron chi connectivity index (χ4n) is 4.84. The van der Waals surface area contributed by atoms with E-state index in [-0.39, 0.29) is 29.5 Å². The van der Waals surface area contributed by atoms with Gasteiger partial charge >= 0.3 is 12.5 Å². The van der Waals surface area contributed by atoms with Crippen molar-refractivity contribution in [1.82, 2.24) is 19.7 Å². The van der Waals surface area contributed by atoms with Crippen LogP contribution in [-0.2, 0) is 32.4 Å². The van der Waals surface area contributed by atoms with Crippen LogP contribution in [0.5, 0.6) is 0 Å². The Hall–Kier alpha value is -2.64. The van der Waals surface area contributed by atoms with Gasteiger partial charge in [0, 0.05) is 32.4 Å². The summed E-state index contributed by atoms with van der Waals surface area (Å²) in [6.07, 6.45) is 3.03. The molecule has 0 unspecified atom stereocenters. The van der Waals surface area contributed by atoms with E-state index in [2.05, 4.69) is 15.0 Å². The Labute approximate surface area is 215 Å². The molecule has 0 spiro atoms. The Bertz CT molecular complexity index is 1260. The van der Waals surface area contributed by atoms with Crippen LogP contribution in [0.25, 0.3) is 0 Å². The third-order valence-electron chi connectivity index (χ3n) is 6.35. The van der Waals surface area contributed by atoms with E-state index in [1.807, 2.05) is 0 Å². The number of halogens is 2. The molecule has 10 nitrogen and oxygen atoms in total. The lowest BCUT2D eigenvalue weighted by molar-refractivity contribution is -0.153. The summed E-state index contributed by atoms with van der Waals surface area (Å²) >= 11 is 0. The third kappa shape index (κ3) is 6.27. The number of aryl methyl sites for hydroxylation is 1. The summed E-state index contributed by atoms with van der Waals surface area (Å²) in [5, 5.41) is 13.6. The molecule has 1 fully saturated rings. The van der Waals surface area contributed by atoms with Crippen LogP contribution in [0.15, 0.2) is 23.4 Å². The lowest BCUT2D eigenvalue weighted by atomic mass is 9.96. The lowest BCUT2D eigenvalue weighted by Crippen LogP contribution is -2.44. The number of nitrogens with zero attached hydrogens (tertiary/aromatic N) is 5. The van der Waals surface area contributed by atoms with Crippen LogP contribution >= 0.6 is 0 Å². The lowest BCUT2D eigenvalue weighted by Gasteiger charge is -2.36. The number of fused-ring (bicyclic) bond motifs is 1. The normalized spacial score (nSPS) is 20.9. The van der Waals surface area contributed by atoms with Gasteiger partial charge in [-0.2, -0.15) is 13.9 Å². The average Bonchev–Trinajstić information content (AvgIpc) is 3.37. The molecule has 4 heterocycles. The SMILES string of the molecule is Cc1nn(C(F)F)cc1S(=O)(=O)N1C[C@H](CN2CC[C@@H](O)C2)Cc2ncc(CC(=O)OC(C)(C)C)cc21. The Balaban J connectivity index is 1.69. The summed E-state index contributed by atoms with van der Waals surface area (Å²) in [5.41, 5.74) is 0.612. The van der Waals surface area contributed by atoms with Crippen LogP contribution in [0.2, 0.25) is 0 Å². The number of β-amino-alcohol motifs (C(OH)–C–C–N with tert-alkyl or cyclic N) is 1. The summed E-state index contributed by atoms with van der Waals surface area (Å²) in [6.45, 7) is 5.53. The number of alkyl halides is 2. The van der Waals surface area contributed by atoms with E-state index >= 15 is 0 Å². The number of rotatable bonds is 7. The van der Waals surface area contributed by atoms with Crippen molar-refractivity contribution in [3.63, 3.8) is 0 Å². The molecule has 1 saturated heterocycles. The number of aliphatic hydroxyl groups excluding tert-OH is 1. The highest BCUT2D eigenvalue weighted by Crippen LogP contribution is 2.35. The highest BCUT2D eigenvalue weighted by atomic mass is 32.2. The fourth-order valence-corrected chi connectivity index (χ4v) is 6.55. The van der Waals surface area contributed by atoms with Crippen LogP contribution in [0, 0.1) is 12.8 Å². The van der Waals surface area contributed by atoms with Crippen LogP contribution < -0.4 is 4.31 Å². The van der Waals surface area contributed by atoms with Gasteiger partial charge in [-0.15, -0.1) is 0 Å². The minimum atomic E-state index is -4.28. The molecular formula is C24H33F2N5O5S. The molecule has 2 aromatic heterocycles. The van der Waals surface area contributed by atoms with Crippen LogP contribution in [0.4, 0.5) is 14.5 Å². The number of carbonyl (C=O) groups is 1. The first-order valence-corrected chi connectivity index (χ1v) is 13.6. The highest BCUT2D eigenvalue weighted by Gasteiger charge is 2.38. The van der Waals surface area contributed by atoms with Crippen molar-refractivity contribution >= 4 is 21.7 Å². The molecule has 0 saturated carbocycles. The molecule has 204 valence electrons. The molecule has 0 aliphatic carbocycles. The highest BCUT2D eigenvalue weighted by molar-refractivity contribution is 7.92. The maximum atomic E-state index is 13.8. The number of hydrogen-bond donors (Lipinski definition) is 1. The van der Waals surface area contributed by atoms with Gasteiger partial charge in [-0.25, -0.2) is 13.1 Å². The first kappa shape index (κ1) is 27.4. The number of anilines is 1. The predicted molar refractivity (Wildman–Crippen MR) is 131 cm³/mol. The smallest absolute Gasteiger partial charge is 0.333 e. The third-order valence-corrected chi connectivity index (χ3v) is 8.23. The van der Waals surface area contributed by atoms with Gasteiger partial charge in [0.15, 0.2) is 0 Å². The molecule has 2 aliphatic rings. The Kier molecular flexibility index (Phi) is 7.59. The van der Waals surface area contributed by atoms with E-state index in [9.17, 15) is 27.1 Å². The van der Waals surface area contributed by atoms with Crippen molar-refractivity contribution in [2.24, 2.45) is 5.92 Å². The largest absolute Gasteiger partial charge is 0.460 e. The molecule has 4 rings (SSSR count). The quantitative estimate of drug-likeness (QED) is 0.531. The maximum absolute atomic E-state index is 13.8. The Morgan fingerprint density at radius 1 is 1.30 bits per heavy atom. The molecule has 37 heavy (non-hydrogen) atoms. The van der Waals surface area contributed by atoms with Crippen molar-refractivity contribution in [2.45, 2.75) is 70.1 Å². The molecule has 2 aliphatic heterocycles. The van der Waals surface area contributed by atoms with E-state index in [1.54, 1.807) is 26.8 Å². The number of pyridine rings is 1. The standard InChI is InChI=1S/C24H33F2N5O5S/c1-15-21(14-30(28-15)23(25)26)37(34,35)31-12-17(11-29-6-5-18(32)13-29)7-19-20(31)8-16(10-27-19)9-22(33)36-24(2,3)4/h8,10,14,17-18,23,32H,5-7,9,11-13H2,1-4H3/t17-,18+/m0/s1. The molecule has 0 radical (unpaired) electrons. The number of carbonyl (C=O) groups excluding carboxylic acids is 1. The minimum absolute atomic E-state index is 0.0375. The second-order valence-electron chi connectivity index (χ2n) is 10.7. The molecule has 0 aromatic carbocycles. The Morgan fingerprint density at radius 2 is 2.03 bits per heavy atom. The number of sulfonamides is 1. The second-order valence-corrected chi connectivity index (χ2v) is 12.5. The first-order chi connectivity index (χ1) is 17.2. The van der Waals surface area contributed by atoms with E-state index in [0.717, 1.165) is 6.20 Å². The van der Waals surface area contributed by atoms with E-state index in [1.165, 1.54) is 17.4 Å². The van der Waals surface area contributed by atoms with Crippen molar-refractivity contribution in [3.05, 3.63) is 35.4 Å². The summed E-state index contributed by atoms with van der Waals surface area (Å²) in [5.74, 6) is -0.610. The summed E-state index contributed by atoms with van der Waals surface area (Å²) in [4.78, 5) is 18.7. The predicted octanol–water partition coefficient (Wildman–Crippen LogP) is 2.30. The van der Waals surface area contributed by atoms with E-state index in [0.29, 0.717) is 54.1 Å². The molecule has 13 heteroatoms. The minimum Gasteiger partial charge on any atom is -0.460 e. The van der Waals surface area contributed by atoms with Crippen LogP contribution in [0.3, 0.4) is 0 Å². The molecule has 2 atom stereocenters. The molecule has 2 aromatic rings. The van der Waals surface area contributed by atoms with E-state index in [4.69, 9.17) is 4.74 Å². The topological polar surface area (TPSA) is 118 Å². The fraction of sp³-hybridized carbons (Fsp3) is 0.625. The van der Waals surface area contributed by atoms with Crippen LogP contribution in [0.1, 0.15) is 50.7 Å². The van der Waals surface area contributed by atoms with Gasteiger partial charge < -0.3 is 14.7 Å². The molecule has 0 bridgehead atoms. The number of likely N-dealkylation sites (tertiary alicyclic amines) is 1.